The average molecular weight is 597 g/mol. The van der Waals surface area contributed by atoms with Crippen molar-refractivity contribution in [2.24, 2.45) is 0 Å². The third kappa shape index (κ3) is 5.69. The molecular weight excluding hydrogens is 560 g/mol. The summed E-state index contributed by atoms with van der Waals surface area (Å²) in [7, 11) is -4.28. The van der Waals surface area contributed by atoms with Crippen LogP contribution < -0.4 is 15.5 Å². The number of rotatable bonds is 12. The van der Waals surface area contributed by atoms with E-state index in [1.165, 1.54) is 25.3 Å². The molecule has 0 radical (unpaired) electrons. The Morgan fingerprint density at radius 1 is 1.14 bits per heavy atom. The summed E-state index contributed by atoms with van der Waals surface area (Å²) in [5.74, 6) is 0.230. The van der Waals surface area contributed by atoms with Gasteiger partial charge in [-0.25, -0.2) is 9.97 Å². The lowest BCUT2D eigenvalue weighted by atomic mass is 10.0. The fourth-order valence-corrected chi connectivity index (χ4v) is 6.10. The van der Waals surface area contributed by atoms with Gasteiger partial charge in [0.2, 0.25) is 5.88 Å². The number of likely N-dealkylation sites (N-methyl/N-ethyl adjacent to an activating group) is 1. The molecule has 0 saturated carbocycles. The van der Waals surface area contributed by atoms with Crippen molar-refractivity contribution in [3.05, 3.63) is 64.2 Å². The second kappa shape index (κ2) is 12.3. The molecule has 4 heterocycles. The summed E-state index contributed by atoms with van der Waals surface area (Å²) in [6.45, 7) is 10.1. The SMILES string of the molecule is CCCCOc1ncc(C(C)=O)cc1-c1nc2c(c(=O)[nH]1)N(OS(=O)(=O)c1ccccc1)N(C1CN(CC)C1)C2CC. The molecule has 1 aromatic carbocycles. The Bertz CT molecular complexity index is 1610. The van der Waals surface area contributed by atoms with E-state index in [0.717, 1.165) is 24.6 Å². The lowest BCUT2D eigenvalue weighted by molar-refractivity contribution is -0.0394. The molecule has 0 amide bonds. The zero-order valence-corrected chi connectivity index (χ0v) is 25.1. The van der Waals surface area contributed by atoms with Crippen molar-refractivity contribution in [2.45, 2.75) is 63.9 Å². The van der Waals surface area contributed by atoms with Crippen molar-refractivity contribution < 1.29 is 22.2 Å². The highest BCUT2D eigenvalue weighted by Crippen LogP contribution is 2.43. The number of nitrogens with one attached hydrogen (secondary N) is 1. The van der Waals surface area contributed by atoms with E-state index in [0.29, 0.717) is 42.9 Å². The van der Waals surface area contributed by atoms with E-state index in [9.17, 15) is 18.0 Å². The highest BCUT2D eigenvalue weighted by atomic mass is 32.2. The van der Waals surface area contributed by atoms with E-state index in [4.69, 9.17) is 14.0 Å². The first kappa shape index (κ1) is 29.8. The van der Waals surface area contributed by atoms with Gasteiger partial charge in [-0.15, -0.1) is 4.28 Å². The molecule has 0 aliphatic carbocycles. The molecule has 2 aliphatic heterocycles. The maximum atomic E-state index is 13.8. The van der Waals surface area contributed by atoms with E-state index in [1.807, 2.05) is 18.9 Å². The minimum atomic E-state index is -4.28. The molecule has 1 fully saturated rings. The molecule has 0 bridgehead atoms. The molecular formula is C29H36N6O6S. The first-order valence-electron chi connectivity index (χ1n) is 14.3. The second-order valence-electron chi connectivity index (χ2n) is 10.4. The van der Waals surface area contributed by atoms with Gasteiger partial charge in [0.05, 0.1) is 34.8 Å². The number of aromatic nitrogens is 3. The van der Waals surface area contributed by atoms with E-state index in [1.54, 1.807) is 24.3 Å². The fraction of sp³-hybridized carbons (Fsp3) is 0.448. The summed E-state index contributed by atoms with van der Waals surface area (Å²) in [5, 5.41) is 2.92. The summed E-state index contributed by atoms with van der Waals surface area (Å²) < 4.78 is 38.4. The van der Waals surface area contributed by atoms with E-state index in [-0.39, 0.29) is 34.1 Å². The smallest absolute Gasteiger partial charge is 0.318 e. The van der Waals surface area contributed by atoms with Crippen LogP contribution >= 0.6 is 0 Å². The zero-order valence-electron chi connectivity index (χ0n) is 24.2. The number of ether oxygens (including phenoxy) is 1. The molecule has 12 nitrogen and oxygen atoms in total. The number of fused-ring (bicyclic) bond motifs is 1. The quantitative estimate of drug-likeness (QED) is 0.242. The molecule has 0 spiro atoms. The Labute approximate surface area is 245 Å². The number of ketones is 1. The number of unbranched alkanes of at least 4 members (excludes halogenated alkanes) is 1. The van der Waals surface area contributed by atoms with Crippen molar-refractivity contribution in [2.75, 3.05) is 31.4 Å². The van der Waals surface area contributed by atoms with Gasteiger partial charge in [0.1, 0.15) is 5.82 Å². The third-order valence-corrected chi connectivity index (χ3v) is 8.74. The summed E-state index contributed by atoms with van der Waals surface area (Å²) in [5.41, 5.74) is 0.514. The van der Waals surface area contributed by atoms with Gasteiger partial charge >= 0.3 is 10.1 Å². The van der Waals surface area contributed by atoms with Crippen LogP contribution in [0.3, 0.4) is 0 Å². The molecule has 42 heavy (non-hydrogen) atoms. The zero-order chi connectivity index (χ0) is 30.0. The van der Waals surface area contributed by atoms with E-state index >= 15 is 0 Å². The van der Waals surface area contributed by atoms with E-state index < -0.39 is 21.7 Å². The normalized spacial score (nSPS) is 17.7. The van der Waals surface area contributed by atoms with Gasteiger partial charge in [0.25, 0.3) is 5.56 Å². The van der Waals surface area contributed by atoms with Gasteiger partial charge in [-0.1, -0.05) is 45.4 Å². The molecule has 13 heteroatoms. The Kier molecular flexibility index (Phi) is 8.73. The molecule has 224 valence electrons. The van der Waals surface area contributed by atoms with Gasteiger partial charge in [-0.3, -0.25) is 9.59 Å². The summed E-state index contributed by atoms with van der Waals surface area (Å²) in [6, 6.07) is 8.87. The van der Waals surface area contributed by atoms with Gasteiger partial charge in [0.15, 0.2) is 11.5 Å². The Morgan fingerprint density at radius 3 is 2.52 bits per heavy atom. The highest BCUT2D eigenvalue weighted by Gasteiger charge is 2.49. The average Bonchev–Trinajstić information content (AvgIpc) is 3.25. The molecule has 5 rings (SSSR count). The molecule has 1 saturated heterocycles. The number of likely N-dealkylation sites (tertiary alicyclic amines) is 1. The van der Waals surface area contributed by atoms with Gasteiger partial charge in [-0.05, 0) is 44.5 Å². The number of carbonyl (C=O) groups excluding carboxylic acids is 1. The summed E-state index contributed by atoms with van der Waals surface area (Å²) >= 11 is 0. The fourth-order valence-electron chi connectivity index (χ4n) is 5.19. The number of nitrogens with zero attached hydrogens (tertiary/aromatic N) is 5. The lowest BCUT2D eigenvalue weighted by Crippen LogP contribution is -2.63. The Hall–Kier alpha value is -3.65. The standard InChI is InChI=1S/C29H36N6O6S/c1-5-8-14-40-29-23(15-20(16-30-29)19(4)36)27-31-25-24(6-2)34(21-17-33(7-3)18-21)35(26(25)28(37)32-27)41-42(38,39)22-12-10-9-11-13-22/h9-13,15-16,21,24H,5-8,14,17-18H2,1-4H3,(H,31,32,37). The number of hydrogen-bond acceptors (Lipinski definition) is 11. The third-order valence-electron chi connectivity index (χ3n) is 7.55. The van der Waals surface area contributed by atoms with Crippen LogP contribution in [0.4, 0.5) is 5.69 Å². The molecule has 2 aliphatic rings. The minimum Gasteiger partial charge on any atom is -0.477 e. The largest absolute Gasteiger partial charge is 0.477 e. The van der Waals surface area contributed by atoms with Crippen LogP contribution in [-0.4, -0.2) is 71.3 Å². The molecule has 2 aromatic heterocycles. The highest BCUT2D eigenvalue weighted by molar-refractivity contribution is 7.86. The first-order chi connectivity index (χ1) is 20.2. The van der Waals surface area contributed by atoms with Crippen molar-refractivity contribution in [3.8, 4) is 17.3 Å². The number of hydrogen-bond donors (Lipinski definition) is 1. The number of benzene rings is 1. The molecule has 3 aromatic rings. The van der Waals surface area contributed by atoms with Crippen LogP contribution in [0, 0.1) is 0 Å². The van der Waals surface area contributed by atoms with Crippen LogP contribution in [0.5, 0.6) is 5.88 Å². The lowest BCUT2D eigenvalue weighted by Gasteiger charge is -2.47. The topological polar surface area (TPSA) is 138 Å². The van der Waals surface area contributed by atoms with Gasteiger partial charge < -0.3 is 14.6 Å². The van der Waals surface area contributed by atoms with Crippen LogP contribution in [0.2, 0.25) is 0 Å². The van der Waals surface area contributed by atoms with E-state index in [2.05, 4.69) is 21.8 Å². The summed E-state index contributed by atoms with van der Waals surface area (Å²) in [6.07, 6.45) is 3.69. The predicted molar refractivity (Wildman–Crippen MR) is 156 cm³/mol. The van der Waals surface area contributed by atoms with Crippen LogP contribution in [0.15, 0.2) is 52.3 Å². The monoisotopic (exact) mass is 596 g/mol. The Morgan fingerprint density at radius 2 is 1.88 bits per heavy atom. The number of aromatic amines is 1. The maximum Gasteiger partial charge on any atom is 0.318 e. The molecule has 1 unspecified atom stereocenters. The maximum absolute atomic E-state index is 13.8. The van der Waals surface area contributed by atoms with Crippen LogP contribution in [-0.2, 0) is 14.4 Å². The number of anilines is 1. The van der Waals surface area contributed by atoms with Gasteiger partial charge in [0, 0.05) is 24.8 Å². The molecule has 1 atom stereocenters. The summed E-state index contributed by atoms with van der Waals surface area (Å²) in [4.78, 5) is 40.2. The van der Waals surface area contributed by atoms with Crippen molar-refractivity contribution in [1.29, 1.82) is 0 Å². The van der Waals surface area contributed by atoms with Crippen molar-refractivity contribution >= 4 is 21.6 Å². The number of Topliss-reactive ketones (excluding diaryl/α,β-unsaturated/α-hetero) is 1. The van der Waals surface area contributed by atoms with Crippen LogP contribution in [0.25, 0.3) is 11.4 Å². The second-order valence-corrected chi connectivity index (χ2v) is 11.9. The van der Waals surface area contributed by atoms with Gasteiger partial charge in [-0.2, -0.15) is 18.6 Å². The number of pyridine rings is 1. The number of H-pyrrole nitrogens is 1. The number of hydrazine groups is 1. The van der Waals surface area contributed by atoms with Crippen LogP contribution in [0.1, 0.15) is 69.1 Å². The first-order valence-corrected chi connectivity index (χ1v) is 15.7. The predicted octanol–water partition coefficient (Wildman–Crippen LogP) is 3.73. The molecule has 1 N–H and O–H groups in total. The minimum absolute atomic E-state index is 0.00388. The van der Waals surface area contributed by atoms with Crippen molar-refractivity contribution in [1.82, 2.24) is 24.9 Å². The van der Waals surface area contributed by atoms with Crippen molar-refractivity contribution in [3.63, 3.8) is 0 Å². The Balaban J connectivity index is 1.62. The number of carbonyl (C=O) groups is 1.